The van der Waals surface area contributed by atoms with E-state index < -0.39 is 11.6 Å². The molecule has 1 aliphatic rings. The van der Waals surface area contributed by atoms with Crippen molar-refractivity contribution in [1.82, 2.24) is 10.3 Å². The van der Waals surface area contributed by atoms with Crippen molar-refractivity contribution in [2.75, 3.05) is 19.0 Å². The molecule has 0 spiro atoms. The van der Waals surface area contributed by atoms with E-state index in [2.05, 4.69) is 31.5 Å². The fourth-order valence-electron chi connectivity index (χ4n) is 4.50. The maximum Gasteiger partial charge on any atom is 0.306 e. The molecular weight excluding hydrogens is 550 g/mol. The van der Waals surface area contributed by atoms with Crippen molar-refractivity contribution in [2.24, 2.45) is 11.8 Å². The number of ether oxygens (including phenoxy) is 1. The maximum atomic E-state index is 12.7. The van der Waals surface area contributed by atoms with Crippen LogP contribution < -0.4 is 15.4 Å². The van der Waals surface area contributed by atoms with E-state index in [9.17, 15) is 14.7 Å². The minimum atomic E-state index is -0.985. The largest absolute Gasteiger partial charge is 0.496 e. The lowest BCUT2D eigenvalue weighted by Crippen LogP contribution is -2.32. The average molecular weight is 583 g/mol. The van der Waals surface area contributed by atoms with E-state index in [0.717, 1.165) is 22.9 Å². The van der Waals surface area contributed by atoms with Crippen molar-refractivity contribution in [3.8, 4) is 5.75 Å². The topological polar surface area (TPSA) is 121 Å². The van der Waals surface area contributed by atoms with Gasteiger partial charge in [-0.25, -0.2) is 4.98 Å². The number of aliphatic hydroxyl groups is 1. The average Bonchev–Trinajstić information content (AvgIpc) is 2.82. The van der Waals surface area contributed by atoms with Crippen molar-refractivity contribution < 1.29 is 24.5 Å². The number of aliphatic carboxylic acids is 1. The summed E-state index contributed by atoms with van der Waals surface area (Å²) < 4.78 is 6.40. The predicted molar refractivity (Wildman–Crippen MR) is 143 cm³/mol. The Morgan fingerprint density at radius 2 is 1.94 bits per heavy atom. The van der Waals surface area contributed by atoms with E-state index in [0.29, 0.717) is 42.9 Å². The molecule has 1 aromatic heterocycles. The van der Waals surface area contributed by atoms with Crippen LogP contribution in [0.5, 0.6) is 5.75 Å². The number of carboxylic acids is 1. The number of nitrogens with one attached hydrogen (secondary N) is 2. The van der Waals surface area contributed by atoms with Crippen molar-refractivity contribution in [3.63, 3.8) is 0 Å². The van der Waals surface area contributed by atoms with Crippen LogP contribution >= 0.6 is 27.5 Å². The SMILES string of the molecule is COc1ccc(Br)cc1[C@H](CC(C)(C)O)Nc1ncc(C(=O)NCC2CCC(C(=O)O)CC2)cc1Cl. The Hall–Kier alpha value is -2.36. The van der Waals surface area contributed by atoms with Gasteiger partial charge in [0.1, 0.15) is 11.6 Å². The molecule has 0 unspecified atom stereocenters. The molecule has 0 bridgehead atoms. The van der Waals surface area contributed by atoms with E-state index in [1.54, 1.807) is 27.0 Å². The van der Waals surface area contributed by atoms with Crippen LogP contribution in [0.4, 0.5) is 5.82 Å². The number of methoxy groups -OCH3 is 1. The molecule has 4 N–H and O–H groups in total. The number of nitrogens with zero attached hydrogens (tertiary/aromatic N) is 1. The fourth-order valence-corrected chi connectivity index (χ4v) is 5.10. The molecule has 1 heterocycles. The predicted octanol–water partition coefficient (Wildman–Crippen LogP) is 5.44. The Bertz CT molecular complexity index is 1080. The molecule has 0 saturated heterocycles. The summed E-state index contributed by atoms with van der Waals surface area (Å²) in [6.07, 6.45) is 4.65. The lowest BCUT2D eigenvalue weighted by atomic mass is 9.82. The summed E-state index contributed by atoms with van der Waals surface area (Å²) in [5.74, 6) is 0.00267. The summed E-state index contributed by atoms with van der Waals surface area (Å²) in [4.78, 5) is 28.2. The van der Waals surface area contributed by atoms with Crippen LogP contribution in [0.3, 0.4) is 0 Å². The van der Waals surface area contributed by atoms with Crippen LogP contribution in [-0.4, -0.2) is 46.3 Å². The third kappa shape index (κ3) is 7.82. The molecule has 36 heavy (non-hydrogen) atoms. The Morgan fingerprint density at radius 3 is 2.53 bits per heavy atom. The van der Waals surface area contributed by atoms with Gasteiger partial charge in [-0.15, -0.1) is 0 Å². The first-order chi connectivity index (χ1) is 17.0. The number of amides is 1. The summed E-state index contributed by atoms with van der Waals surface area (Å²) in [6, 6.07) is 6.83. The second-order valence-corrected chi connectivity index (χ2v) is 11.2. The summed E-state index contributed by atoms with van der Waals surface area (Å²) >= 11 is 10.0. The zero-order valence-electron chi connectivity index (χ0n) is 20.7. The summed E-state index contributed by atoms with van der Waals surface area (Å²) in [6.45, 7) is 3.94. The summed E-state index contributed by atoms with van der Waals surface area (Å²) in [5.41, 5.74) is 0.177. The van der Waals surface area contributed by atoms with E-state index >= 15 is 0 Å². The molecule has 1 atom stereocenters. The molecule has 1 aliphatic carbocycles. The fraction of sp³-hybridized carbons (Fsp3) is 0.500. The van der Waals surface area contributed by atoms with Crippen LogP contribution in [0.2, 0.25) is 5.02 Å². The second-order valence-electron chi connectivity index (χ2n) is 9.92. The molecule has 1 saturated carbocycles. The standard InChI is InChI=1S/C26H33BrClN3O5/c1-26(2,35)12-21(19-11-18(27)8-9-22(19)36-3)31-23-20(28)10-17(14-29-23)24(32)30-13-15-4-6-16(7-5-15)25(33)34/h8-11,14-16,21,35H,4-7,12-13H2,1-3H3,(H,29,31)(H,30,32)(H,33,34)/t15?,16?,21-/m0/s1. The lowest BCUT2D eigenvalue weighted by molar-refractivity contribution is -0.143. The highest BCUT2D eigenvalue weighted by molar-refractivity contribution is 9.10. The van der Waals surface area contributed by atoms with Crippen LogP contribution in [0.1, 0.15) is 67.9 Å². The zero-order valence-corrected chi connectivity index (χ0v) is 23.0. The number of hydrogen-bond donors (Lipinski definition) is 4. The number of carbonyl (C=O) groups is 2. The van der Waals surface area contributed by atoms with E-state index in [1.807, 2.05) is 18.2 Å². The first-order valence-corrected chi connectivity index (χ1v) is 13.1. The van der Waals surface area contributed by atoms with Gasteiger partial charge in [-0.05, 0) is 69.7 Å². The molecule has 1 amide bonds. The number of carbonyl (C=O) groups excluding carboxylic acids is 1. The van der Waals surface area contributed by atoms with Gasteiger partial charge in [0.05, 0.1) is 35.3 Å². The number of carboxylic acid groups (broad SMARTS) is 1. The van der Waals surface area contributed by atoms with Gasteiger partial charge in [-0.1, -0.05) is 27.5 Å². The first kappa shape index (κ1) is 28.2. The molecule has 2 aromatic rings. The molecule has 196 valence electrons. The molecule has 1 aromatic carbocycles. The van der Waals surface area contributed by atoms with Gasteiger partial charge in [0, 0.05) is 29.2 Å². The van der Waals surface area contributed by atoms with Crippen molar-refractivity contribution in [3.05, 3.63) is 51.1 Å². The van der Waals surface area contributed by atoms with Crippen LogP contribution in [0.15, 0.2) is 34.9 Å². The highest BCUT2D eigenvalue weighted by Gasteiger charge is 2.27. The van der Waals surface area contributed by atoms with Gasteiger partial charge in [-0.3, -0.25) is 9.59 Å². The quantitative estimate of drug-likeness (QED) is 0.294. The molecule has 0 radical (unpaired) electrons. The lowest BCUT2D eigenvalue weighted by Gasteiger charge is -2.28. The zero-order chi connectivity index (χ0) is 26.5. The number of anilines is 1. The highest BCUT2D eigenvalue weighted by Crippen LogP contribution is 2.36. The van der Waals surface area contributed by atoms with Crippen molar-refractivity contribution >= 4 is 45.2 Å². The van der Waals surface area contributed by atoms with E-state index in [1.165, 1.54) is 6.20 Å². The number of aromatic nitrogens is 1. The van der Waals surface area contributed by atoms with E-state index in [4.69, 9.17) is 21.4 Å². The number of halogens is 2. The molecular formula is C26H33BrClN3O5. The Labute approximate surface area is 224 Å². The number of pyridine rings is 1. The number of rotatable bonds is 10. The molecule has 3 rings (SSSR count). The monoisotopic (exact) mass is 581 g/mol. The van der Waals surface area contributed by atoms with Gasteiger partial charge >= 0.3 is 5.97 Å². The van der Waals surface area contributed by atoms with E-state index in [-0.39, 0.29) is 28.8 Å². The normalized spacial score (nSPS) is 18.8. The Balaban J connectivity index is 1.69. The third-order valence-electron chi connectivity index (χ3n) is 6.43. The Morgan fingerprint density at radius 1 is 1.25 bits per heavy atom. The summed E-state index contributed by atoms with van der Waals surface area (Å²) in [7, 11) is 1.59. The number of benzene rings is 1. The third-order valence-corrected chi connectivity index (χ3v) is 7.21. The molecule has 10 heteroatoms. The van der Waals surface area contributed by atoms with Crippen molar-refractivity contribution in [1.29, 1.82) is 0 Å². The maximum absolute atomic E-state index is 12.7. The second kappa shape index (κ2) is 12.3. The van der Waals surface area contributed by atoms with Crippen LogP contribution in [0, 0.1) is 11.8 Å². The summed E-state index contributed by atoms with van der Waals surface area (Å²) in [5, 5.41) is 26.2. The molecule has 8 nitrogen and oxygen atoms in total. The first-order valence-electron chi connectivity index (χ1n) is 12.0. The minimum Gasteiger partial charge on any atom is -0.496 e. The molecule has 1 fully saturated rings. The van der Waals surface area contributed by atoms with Gasteiger partial charge in [-0.2, -0.15) is 0 Å². The number of hydrogen-bond acceptors (Lipinski definition) is 6. The van der Waals surface area contributed by atoms with Gasteiger partial charge < -0.3 is 25.6 Å². The smallest absolute Gasteiger partial charge is 0.306 e. The Kier molecular flexibility index (Phi) is 9.60. The van der Waals surface area contributed by atoms with Crippen LogP contribution in [0.25, 0.3) is 0 Å². The van der Waals surface area contributed by atoms with Gasteiger partial charge in [0.25, 0.3) is 5.91 Å². The van der Waals surface area contributed by atoms with Crippen LogP contribution in [-0.2, 0) is 4.79 Å². The van der Waals surface area contributed by atoms with Gasteiger partial charge in [0.2, 0.25) is 0 Å². The molecule has 0 aliphatic heterocycles. The highest BCUT2D eigenvalue weighted by atomic mass is 79.9. The van der Waals surface area contributed by atoms with Gasteiger partial charge in [0.15, 0.2) is 0 Å². The van der Waals surface area contributed by atoms with Crippen molar-refractivity contribution in [2.45, 2.75) is 57.6 Å². The minimum absolute atomic E-state index is 0.261.